The Morgan fingerprint density at radius 1 is 1.11 bits per heavy atom. The topological polar surface area (TPSA) is 15.6 Å². The van der Waals surface area contributed by atoms with Crippen molar-refractivity contribution in [3.63, 3.8) is 0 Å². The Labute approximate surface area is 114 Å². The number of hydrogen-bond acceptors (Lipinski definition) is 2. The van der Waals surface area contributed by atoms with E-state index in [4.69, 9.17) is 4.99 Å². The number of aliphatic imine (C=N–C) groups is 1. The fourth-order valence-electron chi connectivity index (χ4n) is 2.91. The summed E-state index contributed by atoms with van der Waals surface area (Å²) >= 11 is 0. The zero-order chi connectivity index (χ0) is 14.0. The summed E-state index contributed by atoms with van der Waals surface area (Å²) in [5.41, 5.74) is 0.558. The van der Waals surface area contributed by atoms with Crippen molar-refractivity contribution in [2.75, 3.05) is 19.6 Å². The molecule has 0 aromatic rings. The zero-order valence-corrected chi connectivity index (χ0v) is 13.5. The predicted molar refractivity (Wildman–Crippen MR) is 81.4 cm³/mol. The van der Waals surface area contributed by atoms with Crippen LogP contribution in [0.15, 0.2) is 4.99 Å². The lowest BCUT2D eigenvalue weighted by atomic mass is 9.68. The molecule has 2 unspecified atom stereocenters. The smallest absolute Gasteiger partial charge is 0.0589 e. The third-order valence-electron chi connectivity index (χ3n) is 3.98. The van der Waals surface area contributed by atoms with Gasteiger partial charge in [0.15, 0.2) is 0 Å². The normalized spacial score (nSPS) is 27.3. The van der Waals surface area contributed by atoms with Gasteiger partial charge in [-0.15, -0.1) is 0 Å². The maximum absolute atomic E-state index is 4.91. The molecule has 0 aromatic carbocycles. The van der Waals surface area contributed by atoms with Crippen LogP contribution in [0.4, 0.5) is 0 Å². The molecule has 1 aliphatic heterocycles. The van der Waals surface area contributed by atoms with Crippen LogP contribution in [0.25, 0.3) is 0 Å². The van der Waals surface area contributed by atoms with Gasteiger partial charge in [0.25, 0.3) is 0 Å². The first-order chi connectivity index (χ1) is 8.16. The minimum Gasteiger partial charge on any atom is -0.298 e. The molecule has 2 nitrogen and oxygen atoms in total. The molecule has 0 saturated heterocycles. The molecule has 2 heteroatoms. The average Bonchev–Trinajstić information content (AvgIpc) is 2.39. The first kappa shape index (κ1) is 15.7. The van der Waals surface area contributed by atoms with E-state index >= 15 is 0 Å². The van der Waals surface area contributed by atoms with Crippen LogP contribution >= 0.6 is 0 Å². The number of rotatable bonds is 2. The third kappa shape index (κ3) is 4.08. The minimum absolute atomic E-state index is 0.247. The van der Waals surface area contributed by atoms with E-state index < -0.39 is 0 Å². The van der Waals surface area contributed by atoms with E-state index in [9.17, 15) is 0 Å². The molecule has 0 bridgehead atoms. The second-order valence-electron chi connectivity index (χ2n) is 7.87. The minimum atomic E-state index is 0.247. The fraction of sp³-hybridized carbons (Fsp3) is 0.938. The van der Waals surface area contributed by atoms with Crippen molar-refractivity contribution in [3.05, 3.63) is 0 Å². The molecule has 0 saturated carbocycles. The van der Waals surface area contributed by atoms with E-state index in [1.165, 1.54) is 19.5 Å². The van der Waals surface area contributed by atoms with Crippen molar-refractivity contribution >= 4 is 6.21 Å². The third-order valence-corrected chi connectivity index (χ3v) is 3.98. The second-order valence-corrected chi connectivity index (χ2v) is 7.87. The lowest BCUT2D eigenvalue weighted by Gasteiger charge is -2.42. The highest BCUT2D eigenvalue weighted by molar-refractivity contribution is 5.60. The summed E-state index contributed by atoms with van der Waals surface area (Å²) in [6.45, 7) is 19.7. The van der Waals surface area contributed by atoms with Gasteiger partial charge in [0.05, 0.1) is 6.04 Å². The van der Waals surface area contributed by atoms with Crippen LogP contribution < -0.4 is 0 Å². The van der Waals surface area contributed by atoms with Gasteiger partial charge in [0.1, 0.15) is 0 Å². The van der Waals surface area contributed by atoms with Crippen molar-refractivity contribution in [3.8, 4) is 0 Å². The summed E-state index contributed by atoms with van der Waals surface area (Å²) in [5.74, 6) is 0.628. The number of hydrogen-bond donors (Lipinski definition) is 0. The van der Waals surface area contributed by atoms with Crippen LogP contribution in [0.5, 0.6) is 0 Å². The van der Waals surface area contributed by atoms with Crippen LogP contribution in [0.2, 0.25) is 0 Å². The molecule has 1 heterocycles. The molecule has 18 heavy (non-hydrogen) atoms. The van der Waals surface area contributed by atoms with Crippen molar-refractivity contribution in [1.29, 1.82) is 0 Å². The fourth-order valence-corrected chi connectivity index (χ4v) is 2.91. The first-order valence-electron chi connectivity index (χ1n) is 7.40. The molecule has 0 fully saturated rings. The molecule has 0 aromatic heterocycles. The first-order valence-corrected chi connectivity index (χ1v) is 7.40. The summed E-state index contributed by atoms with van der Waals surface area (Å²) in [6.07, 6.45) is 3.38. The number of nitrogens with zero attached hydrogens (tertiary/aromatic N) is 2. The van der Waals surface area contributed by atoms with Gasteiger partial charge in [-0.2, -0.15) is 0 Å². The highest BCUT2D eigenvalue weighted by Crippen LogP contribution is 2.39. The van der Waals surface area contributed by atoms with E-state index in [0.717, 1.165) is 6.54 Å². The van der Waals surface area contributed by atoms with Crippen molar-refractivity contribution in [2.24, 2.45) is 21.7 Å². The van der Waals surface area contributed by atoms with E-state index in [0.29, 0.717) is 17.4 Å². The monoisotopic (exact) mass is 252 g/mol. The zero-order valence-electron chi connectivity index (χ0n) is 13.5. The summed E-state index contributed by atoms with van der Waals surface area (Å²) in [4.78, 5) is 7.47. The van der Waals surface area contributed by atoms with E-state index in [2.05, 4.69) is 59.6 Å². The van der Waals surface area contributed by atoms with Gasteiger partial charge in [-0.05, 0) is 29.7 Å². The van der Waals surface area contributed by atoms with Gasteiger partial charge in [-0.1, -0.05) is 48.5 Å². The van der Waals surface area contributed by atoms with Gasteiger partial charge in [0.2, 0.25) is 0 Å². The maximum atomic E-state index is 4.91. The van der Waals surface area contributed by atoms with Crippen molar-refractivity contribution in [1.82, 2.24) is 4.90 Å². The van der Waals surface area contributed by atoms with E-state index in [-0.39, 0.29) is 5.41 Å². The molecule has 106 valence electrons. The van der Waals surface area contributed by atoms with Crippen LogP contribution in [-0.2, 0) is 0 Å². The quantitative estimate of drug-likeness (QED) is 0.728. The van der Waals surface area contributed by atoms with Gasteiger partial charge >= 0.3 is 0 Å². The van der Waals surface area contributed by atoms with Gasteiger partial charge in [-0.3, -0.25) is 9.89 Å². The average molecular weight is 252 g/mol. The molecule has 0 N–H and O–H groups in total. The van der Waals surface area contributed by atoms with Crippen LogP contribution in [-0.4, -0.2) is 36.8 Å². The van der Waals surface area contributed by atoms with Crippen molar-refractivity contribution < 1.29 is 0 Å². The van der Waals surface area contributed by atoms with Crippen molar-refractivity contribution in [2.45, 2.75) is 60.9 Å². The van der Waals surface area contributed by atoms with Crippen LogP contribution in [0.3, 0.4) is 0 Å². The van der Waals surface area contributed by atoms with Gasteiger partial charge in [0, 0.05) is 19.3 Å². The summed E-state index contributed by atoms with van der Waals surface area (Å²) in [6, 6.07) is 0.430. The van der Waals surface area contributed by atoms with Crippen LogP contribution in [0, 0.1) is 16.7 Å². The second kappa shape index (κ2) is 5.73. The molecule has 1 aliphatic rings. The molecular formula is C16H32N2. The largest absolute Gasteiger partial charge is 0.298 e. The molecule has 0 radical (unpaired) electrons. The van der Waals surface area contributed by atoms with E-state index in [1.54, 1.807) is 0 Å². The highest BCUT2D eigenvalue weighted by Gasteiger charge is 2.40. The predicted octanol–water partition coefficient (Wildman–Crippen LogP) is 3.86. The highest BCUT2D eigenvalue weighted by atomic mass is 15.1. The Balaban J connectivity index is 2.97. The summed E-state index contributed by atoms with van der Waals surface area (Å²) < 4.78 is 0. The lowest BCUT2D eigenvalue weighted by Crippen LogP contribution is -2.44. The molecule has 0 amide bonds. The maximum Gasteiger partial charge on any atom is 0.0589 e. The summed E-state index contributed by atoms with van der Waals surface area (Å²) in [5, 5.41) is 0. The molecule has 0 aliphatic carbocycles. The standard InChI is InChI=1S/C16H32N2/c1-8-10-18-11-9-17-14(16(5,6)7)13(12-18)15(2,3)4/h9,13-14H,8,10-12H2,1-7H3. The van der Waals surface area contributed by atoms with Gasteiger partial charge in [-0.25, -0.2) is 0 Å². The molecule has 2 atom stereocenters. The molecule has 1 rings (SSSR count). The van der Waals surface area contributed by atoms with Crippen LogP contribution in [0.1, 0.15) is 54.9 Å². The Bertz CT molecular complexity index is 280. The Morgan fingerprint density at radius 3 is 2.17 bits per heavy atom. The molecular weight excluding hydrogens is 220 g/mol. The molecule has 0 spiro atoms. The summed E-state index contributed by atoms with van der Waals surface area (Å²) in [7, 11) is 0. The lowest BCUT2D eigenvalue weighted by molar-refractivity contribution is 0.0971. The Hall–Kier alpha value is -0.370. The van der Waals surface area contributed by atoms with Gasteiger partial charge < -0.3 is 0 Å². The Morgan fingerprint density at radius 2 is 1.72 bits per heavy atom. The Kier molecular flexibility index (Phi) is 4.99. The SMILES string of the molecule is CCCN1CC=NC(C(C)(C)C)C(C(C)(C)C)C1. The van der Waals surface area contributed by atoms with E-state index in [1.807, 2.05) is 0 Å².